The molecule has 1 unspecified atom stereocenters. The highest BCUT2D eigenvalue weighted by molar-refractivity contribution is 7.89. The zero-order valence-corrected chi connectivity index (χ0v) is 17.2. The molecule has 162 valence electrons. The van der Waals surface area contributed by atoms with Crippen LogP contribution < -0.4 is 14.8 Å². The second kappa shape index (κ2) is 7.39. The monoisotopic (exact) mass is 449 g/mol. The third-order valence-electron chi connectivity index (χ3n) is 4.71. The van der Waals surface area contributed by atoms with Crippen LogP contribution in [0.25, 0.3) is 0 Å². The Balaban J connectivity index is 1.72. The molecule has 1 aliphatic rings. The molecular weight excluding hydrogens is 432 g/mol. The normalized spacial score (nSPS) is 19.7. The van der Waals surface area contributed by atoms with E-state index in [1.807, 2.05) is 0 Å². The average molecular weight is 449 g/mol. The Bertz CT molecular complexity index is 1280. The van der Waals surface area contributed by atoms with Crippen LogP contribution in [0.5, 0.6) is 5.75 Å². The van der Waals surface area contributed by atoms with Crippen LogP contribution in [0.2, 0.25) is 0 Å². The van der Waals surface area contributed by atoms with Crippen LogP contribution in [0, 0.1) is 11.6 Å². The molecule has 0 bridgehead atoms. The number of sulfonamides is 1. The number of hydrogen-bond donors (Lipinski definition) is 2. The third kappa shape index (κ3) is 3.75. The van der Waals surface area contributed by atoms with Crippen LogP contribution in [0.15, 0.2) is 47.8 Å². The number of anilines is 1. The molecule has 3 heterocycles. The van der Waals surface area contributed by atoms with E-state index in [9.17, 15) is 22.0 Å². The van der Waals surface area contributed by atoms with Crippen molar-refractivity contribution in [2.45, 2.75) is 17.4 Å². The van der Waals surface area contributed by atoms with E-state index in [1.165, 1.54) is 36.3 Å². The lowest BCUT2D eigenvalue weighted by molar-refractivity contribution is 0.101. The maximum Gasteiger partial charge on any atom is 0.276 e. The molecule has 4 rings (SSSR count). The minimum absolute atomic E-state index is 0.00372. The van der Waals surface area contributed by atoms with Crippen molar-refractivity contribution in [2.24, 2.45) is 7.05 Å². The minimum atomic E-state index is -4.12. The Kier molecular flexibility index (Phi) is 4.98. The summed E-state index contributed by atoms with van der Waals surface area (Å²) in [7, 11) is -2.65. The van der Waals surface area contributed by atoms with Gasteiger partial charge in [0.1, 0.15) is 17.0 Å². The van der Waals surface area contributed by atoms with Crippen molar-refractivity contribution in [1.82, 2.24) is 19.3 Å². The summed E-state index contributed by atoms with van der Waals surface area (Å²) in [6.07, 6.45) is 4.18. The SMILES string of the molecule is Cn1cc2c(c1C(=O)Nc1ccc(F)c(F)c1)OCC(C)(c1ncccn1)NS2(=O)=O. The maximum atomic E-state index is 13.5. The summed E-state index contributed by atoms with van der Waals surface area (Å²) in [5.41, 5.74) is -1.40. The first-order chi connectivity index (χ1) is 14.6. The highest BCUT2D eigenvalue weighted by Crippen LogP contribution is 2.36. The van der Waals surface area contributed by atoms with E-state index in [4.69, 9.17) is 4.74 Å². The smallest absolute Gasteiger partial charge is 0.276 e. The lowest BCUT2D eigenvalue weighted by atomic mass is 10.0. The molecule has 31 heavy (non-hydrogen) atoms. The van der Waals surface area contributed by atoms with Gasteiger partial charge in [0.2, 0.25) is 10.0 Å². The van der Waals surface area contributed by atoms with Gasteiger partial charge in [0.05, 0.1) is 0 Å². The Morgan fingerprint density at radius 3 is 2.65 bits per heavy atom. The van der Waals surface area contributed by atoms with Gasteiger partial charge in [-0.15, -0.1) is 0 Å². The fourth-order valence-corrected chi connectivity index (χ4v) is 4.78. The lowest BCUT2D eigenvalue weighted by Gasteiger charge is -2.25. The summed E-state index contributed by atoms with van der Waals surface area (Å²) < 4.78 is 62.3. The van der Waals surface area contributed by atoms with Crippen molar-refractivity contribution in [3.63, 3.8) is 0 Å². The number of fused-ring (bicyclic) bond motifs is 1. The molecule has 1 atom stereocenters. The van der Waals surface area contributed by atoms with Gasteiger partial charge in [-0.1, -0.05) is 0 Å². The maximum absolute atomic E-state index is 13.5. The lowest BCUT2D eigenvalue weighted by Crippen LogP contribution is -2.47. The molecule has 2 N–H and O–H groups in total. The van der Waals surface area contributed by atoms with Gasteiger partial charge < -0.3 is 14.6 Å². The standard InChI is InChI=1S/C19H17F2N5O4S/c1-19(18-22-6-3-7-23-18)10-30-16-14(31(28,29)25-19)9-26(2)15(16)17(27)24-11-4-5-12(20)13(21)8-11/h3-9,25H,10H2,1-2H3,(H,24,27). The third-order valence-corrected chi connectivity index (χ3v) is 6.30. The van der Waals surface area contributed by atoms with E-state index in [0.29, 0.717) is 0 Å². The number of carbonyl (C=O) groups excluding carboxylic acids is 1. The van der Waals surface area contributed by atoms with Crippen molar-refractivity contribution < 1.29 is 26.7 Å². The zero-order chi connectivity index (χ0) is 22.4. The molecule has 0 aliphatic carbocycles. The summed E-state index contributed by atoms with van der Waals surface area (Å²) in [4.78, 5) is 20.8. The Labute approximate surface area is 176 Å². The molecule has 12 heteroatoms. The van der Waals surface area contributed by atoms with Crippen molar-refractivity contribution in [3.05, 3.63) is 66.0 Å². The number of ether oxygens (including phenoxy) is 1. The first-order valence-electron chi connectivity index (χ1n) is 9.01. The highest BCUT2D eigenvalue weighted by atomic mass is 32.2. The average Bonchev–Trinajstić information content (AvgIpc) is 3.02. The summed E-state index contributed by atoms with van der Waals surface area (Å²) in [5, 5.41) is 2.42. The van der Waals surface area contributed by atoms with E-state index in [0.717, 1.165) is 12.1 Å². The van der Waals surface area contributed by atoms with E-state index in [1.54, 1.807) is 13.0 Å². The molecule has 0 fully saturated rings. The van der Waals surface area contributed by atoms with Gasteiger partial charge in [0, 0.05) is 37.4 Å². The van der Waals surface area contributed by atoms with Crippen LogP contribution in [-0.2, 0) is 22.6 Å². The number of amides is 1. The first-order valence-corrected chi connectivity index (χ1v) is 10.5. The van der Waals surface area contributed by atoms with Gasteiger partial charge in [-0.25, -0.2) is 27.2 Å². The second-order valence-electron chi connectivity index (χ2n) is 7.16. The number of aromatic nitrogens is 3. The van der Waals surface area contributed by atoms with Crippen LogP contribution in [0.1, 0.15) is 23.2 Å². The Morgan fingerprint density at radius 2 is 1.97 bits per heavy atom. The number of aryl methyl sites for hydroxylation is 1. The van der Waals surface area contributed by atoms with Crippen LogP contribution >= 0.6 is 0 Å². The Morgan fingerprint density at radius 1 is 1.26 bits per heavy atom. The van der Waals surface area contributed by atoms with Crippen molar-refractivity contribution >= 4 is 21.6 Å². The van der Waals surface area contributed by atoms with Crippen LogP contribution in [0.4, 0.5) is 14.5 Å². The fourth-order valence-electron chi connectivity index (χ4n) is 3.23. The molecule has 3 aromatic rings. The van der Waals surface area contributed by atoms with E-state index < -0.39 is 33.1 Å². The van der Waals surface area contributed by atoms with E-state index >= 15 is 0 Å². The van der Waals surface area contributed by atoms with Gasteiger partial charge in [-0.05, 0) is 25.1 Å². The van der Waals surface area contributed by atoms with Crippen molar-refractivity contribution in [3.8, 4) is 5.75 Å². The molecule has 0 saturated carbocycles. The topological polar surface area (TPSA) is 115 Å². The number of hydrogen-bond acceptors (Lipinski definition) is 6. The van der Waals surface area contributed by atoms with Gasteiger partial charge >= 0.3 is 0 Å². The zero-order valence-electron chi connectivity index (χ0n) is 16.4. The number of nitrogens with zero attached hydrogens (tertiary/aromatic N) is 3. The van der Waals surface area contributed by atoms with Gasteiger partial charge in [-0.2, -0.15) is 4.72 Å². The molecule has 1 aliphatic heterocycles. The summed E-state index contributed by atoms with van der Waals surface area (Å²) >= 11 is 0. The van der Waals surface area contributed by atoms with Crippen LogP contribution in [-0.4, -0.2) is 35.5 Å². The molecule has 1 amide bonds. The number of benzene rings is 1. The van der Waals surface area contributed by atoms with Crippen molar-refractivity contribution in [2.75, 3.05) is 11.9 Å². The van der Waals surface area contributed by atoms with Crippen molar-refractivity contribution in [1.29, 1.82) is 0 Å². The number of carbonyl (C=O) groups is 1. The fraction of sp³-hybridized carbons (Fsp3) is 0.211. The number of halogens is 2. The number of nitrogens with one attached hydrogen (secondary N) is 2. The summed E-state index contributed by atoms with van der Waals surface area (Å²) in [5.74, 6) is -2.93. The summed E-state index contributed by atoms with van der Waals surface area (Å²) in [6.45, 7) is 1.37. The predicted octanol–water partition coefficient (Wildman–Crippen LogP) is 1.93. The highest BCUT2D eigenvalue weighted by Gasteiger charge is 2.42. The molecular formula is C19H17F2N5O4S. The van der Waals surface area contributed by atoms with Gasteiger partial charge in [0.25, 0.3) is 5.91 Å². The largest absolute Gasteiger partial charge is 0.487 e. The summed E-state index contributed by atoms with van der Waals surface area (Å²) in [6, 6.07) is 4.46. The second-order valence-corrected chi connectivity index (χ2v) is 8.81. The van der Waals surface area contributed by atoms with Gasteiger partial charge in [-0.3, -0.25) is 4.79 Å². The molecule has 0 saturated heterocycles. The first kappa shape index (κ1) is 20.9. The van der Waals surface area contributed by atoms with Gasteiger partial charge in [0.15, 0.2) is 28.9 Å². The molecule has 0 spiro atoms. The van der Waals surface area contributed by atoms with E-state index in [2.05, 4.69) is 20.0 Å². The van der Waals surface area contributed by atoms with E-state index in [-0.39, 0.29) is 34.5 Å². The quantitative estimate of drug-likeness (QED) is 0.632. The molecule has 2 aromatic heterocycles. The molecule has 1 aromatic carbocycles. The molecule has 0 radical (unpaired) electrons. The molecule has 9 nitrogen and oxygen atoms in total. The minimum Gasteiger partial charge on any atom is -0.487 e. The predicted molar refractivity (Wildman–Crippen MR) is 105 cm³/mol. The van der Waals surface area contributed by atoms with Crippen LogP contribution in [0.3, 0.4) is 0 Å². The Hall–Kier alpha value is -3.38. The number of rotatable bonds is 3.